The number of hydrogen-bond acceptors (Lipinski definition) is 3. The Kier molecular flexibility index (Phi) is 3.78. The number of nitrogens with one attached hydrogen (secondary N) is 1. The zero-order valence-electron chi connectivity index (χ0n) is 9.76. The first-order chi connectivity index (χ1) is 7.96. The summed E-state index contributed by atoms with van der Waals surface area (Å²) in [6.07, 6.45) is 1.05. The lowest BCUT2D eigenvalue weighted by atomic mass is 10.0. The maximum Gasteiger partial charge on any atom is 0.161 e. The molecule has 0 aromatic heterocycles. The van der Waals surface area contributed by atoms with Gasteiger partial charge in [-0.15, -0.1) is 0 Å². The molecule has 1 aliphatic rings. The van der Waals surface area contributed by atoms with Crippen molar-refractivity contribution in [2.24, 2.45) is 4.99 Å². The number of nitrogens with zero attached hydrogens (tertiary/aromatic N) is 1. The molecular weight excluding hydrogens is 303 g/mol. The number of anilines is 1. The molecule has 1 N–H and O–H groups in total. The molecule has 92 valence electrons. The van der Waals surface area contributed by atoms with Gasteiger partial charge >= 0.3 is 0 Å². The van der Waals surface area contributed by atoms with Gasteiger partial charge in [0.1, 0.15) is 5.82 Å². The minimum atomic E-state index is -0.272. The summed E-state index contributed by atoms with van der Waals surface area (Å²) in [6.45, 7) is 4.18. The van der Waals surface area contributed by atoms with Gasteiger partial charge in [-0.1, -0.05) is 27.7 Å². The van der Waals surface area contributed by atoms with Crippen LogP contribution in [0.3, 0.4) is 0 Å². The lowest BCUT2D eigenvalue weighted by Crippen LogP contribution is -2.27. The van der Waals surface area contributed by atoms with E-state index in [1.807, 2.05) is 6.07 Å². The monoisotopic (exact) mass is 316 g/mol. The molecule has 2 rings (SSSR count). The average Bonchev–Trinajstić information content (AvgIpc) is 2.21. The SMILES string of the molecule is CC1(C)CCSC(Nc2ccc(Br)cc2F)=N1. The minimum Gasteiger partial charge on any atom is -0.333 e. The van der Waals surface area contributed by atoms with Gasteiger partial charge in [0.15, 0.2) is 5.17 Å². The number of thioether (sulfide) groups is 1. The van der Waals surface area contributed by atoms with Crippen LogP contribution in [0.5, 0.6) is 0 Å². The van der Waals surface area contributed by atoms with Crippen molar-refractivity contribution in [3.05, 3.63) is 28.5 Å². The van der Waals surface area contributed by atoms with Gasteiger partial charge in [0.25, 0.3) is 0 Å². The van der Waals surface area contributed by atoms with Crippen molar-refractivity contribution in [3.8, 4) is 0 Å². The summed E-state index contributed by atoms with van der Waals surface area (Å²) in [5, 5.41) is 3.84. The van der Waals surface area contributed by atoms with Gasteiger partial charge in [0.05, 0.1) is 11.2 Å². The van der Waals surface area contributed by atoms with Crippen molar-refractivity contribution >= 4 is 38.5 Å². The molecule has 0 saturated carbocycles. The third kappa shape index (κ3) is 3.45. The summed E-state index contributed by atoms with van der Waals surface area (Å²) in [5.41, 5.74) is 0.413. The van der Waals surface area contributed by atoms with E-state index in [1.54, 1.807) is 17.8 Å². The third-order valence-electron chi connectivity index (χ3n) is 2.53. The number of rotatable bonds is 1. The second-order valence-electron chi connectivity index (χ2n) is 4.58. The predicted octanol–water partition coefficient (Wildman–Crippen LogP) is 4.27. The zero-order chi connectivity index (χ0) is 12.5. The fraction of sp³-hybridized carbons (Fsp3) is 0.417. The zero-order valence-corrected chi connectivity index (χ0v) is 12.2. The highest BCUT2D eigenvalue weighted by Crippen LogP contribution is 2.28. The maximum atomic E-state index is 13.6. The Morgan fingerprint density at radius 2 is 2.24 bits per heavy atom. The average molecular weight is 317 g/mol. The Hall–Kier alpha value is -0.550. The molecule has 1 aromatic carbocycles. The van der Waals surface area contributed by atoms with Gasteiger partial charge in [-0.3, -0.25) is 4.99 Å². The topological polar surface area (TPSA) is 24.4 Å². The molecule has 0 radical (unpaired) electrons. The molecule has 1 aromatic rings. The van der Waals surface area contributed by atoms with Crippen LogP contribution in [-0.4, -0.2) is 16.5 Å². The van der Waals surface area contributed by atoms with E-state index in [-0.39, 0.29) is 11.4 Å². The van der Waals surface area contributed by atoms with E-state index in [0.29, 0.717) is 5.69 Å². The van der Waals surface area contributed by atoms with E-state index in [1.165, 1.54) is 6.07 Å². The quantitative estimate of drug-likeness (QED) is 0.836. The smallest absolute Gasteiger partial charge is 0.161 e. The fourth-order valence-corrected chi connectivity index (χ4v) is 3.15. The number of aliphatic imine (C=N–C) groups is 1. The summed E-state index contributed by atoms with van der Waals surface area (Å²) in [5.74, 6) is 0.739. The van der Waals surface area contributed by atoms with Gasteiger partial charge in [-0.05, 0) is 38.5 Å². The largest absolute Gasteiger partial charge is 0.333 e. The molecule has 0 aliphatic carbocycles. The molecule has 1 heterocycles. The lowest BCUT2D eigenvalue weighted by Gasteiger charge is -2.26. The van der Waals surface area contributed by atoms with Crippen LogP contribution in [-0.2, 0) is 0 Å². The van der Waals surface area contributed by atoms with E-state index < -0.39 is 0 Å². The van der Waals surface area contributed by atoms with Crippen LogP contribution in [0.15, 0.2) is 27.7 Å². The molecule has 0 spiro atoms. The summed E-state index contributed by atoms with van der Waals surface area (Å²) in [4.78, 5) is 4.56. The second-order valence-corrected chi connectivity index (χ2v) is 6.58. The van der Waals surface area contributed by atoms with Gasteiger partial charge in [-0.2, -0.15) is 0 Å². The van der Waals surface area contributed by atoms with Crippen LogP contribution in [0.2, 0.25) is 0 Å². The highest BCUT2D eigenvalue weighted by atomic mass is 79.9. The molecule has 17 heavy (non-hydrogen) atoms. The van der Waals surface area contributed by atoms with Crippen molar-refractivity contribution < 1.29 is 4.39 Å². The number of halogens is 2. The normalized spacial score (nSPS) is 18.7. The number of hydrogen-bond donors (Lipinski definition) is 1. The second kappa shape index (κ2) is 4.98. The van der Waals surface area contributed by atoms with Gasteiger partial charge in [0.2, 0.25) is 0 Å². The summed E-state index contributed by atoms with van der Waals surface area (Å²) < 4.78 is 14.4. The van der Waals surface area contributed by atoms with Crippen molar-refractivity contribution in [2.45, 2.75) is 25.8 Å². The molecular formula is C12H14BrFN2S. The van der Waals surface area contributed by atoms with Crippen LogP contribution < -0.4 is 5.32 Å². The maximum absolute atomic E-state index is 13.6. The Morgan fingerprint density at radius 3 is 2.88 bits per heavy atom. The molecule has 1 aliphatic heterocycles. The van der Waals surface area contributed by atoms with Crippen LogP contribution in [0.4, 0.5) is 10.1 Å². The third-order valence-corrected chi connectivity index (χ3v) is 3.90. The van der Waals surface area contributed by atoms with Crippen LogP contribution in [0, 0.1) is 5.82 Å². The summed E-state index contributed by atoms with van der Waals surface area (Å²) >= 11 is 4.87. The Morgan fingerprint density at radius 1 is 1.47 bits per heavy atom. The molecule has 0 saturated heterocycles. The summed E-state index contributed by atoms with van der Waals surface area (Å²) in [6, 6.07) is 4.97. The molecule has 0 bridgehead atoms. The first-order valence-corrected chi connectivity index (χ1v) is 7.19. The molecule has 0 fully saturated rings. The fourth-order valence-electron chi connectivity index (χ4n) is 1.53. The standard InChI is InChI=1S/C12H14BrFN2S/c1-12(2)5-6-17-11(16-12)15-10-4-3-8(13)7-9(10)14/h3-4,7H,5-6H2,1-2H3,(H,15,16). The summed E-state index contributed by atoms with van der Waals surface area (Å²) in [7, 11) is 0. The molecule has 0 amide bonds. The van der Waals surface area contributed by atoms with Gasteiger partial charge < -0.3 is 5.32 Å². The van der Waals surface area contributed by atoms with Crippen LogP contribution >= 0.6 is 27.7 Å². The first kappa shape index (κ1) is 12.9. The highest BCUT2D eigenvalue weighted by Gasteiger charge is 2.22. The van der Waals surface area contributed by atoms with Crippen molar-refractivity contribution in [2.75, 3.05) is 11.1 Å². The lowest BCUT2D eigenvalue weighted by molar-refractivity contribution is 0.507. The number of benzene rings is 1. The number of amidine groups is 1. The first-order valence-electron chi connectivity index (χ1n) is 5.41. The van der Waals surface area contributed by atoms with E-state index in [2.05, 4.69) is 40.1 Å². The predicted molar refractivity (Wildman–Crippen MR) is 76.3 cm³/mol. The Balaban J connectivity index is 2.18. The van der Waals surface area contributed by atoms with Crippen molar-refractivity contribution in [1.82, 2.24) is 0 Å². The minimum absolute atomic E-state index is 0.0561. The van der Waals surface area contributed by atoms with Crippen molar-refractivity contribution in [1.29, 1.82) is 0 Å². The van der Waals surface area contributed by atoms with Gasteiger partial charge in [-0.25, -0.2) is 4.39 Å². The van der Waals surface area contributed by atoms with Crippen LogP contribution in [0.1, 0.15) is 20.3 Å². The van der Waals surface area contributed by atoms with Gasteiger partial charge in [0, 0.05) is 10.2 Å². The van der Waals surface area contributed by atoms with E-state index in [9.17, 15) is 4.39 Å². The highest BCUT2D eigenvalue weighted by molar-refractivity contribution is 9.10. The van der Waals surface area contributed by atoms with E-state index in [0.717, 1.165) is 21.8 Å². The molecule has 2 nitrogen and oxygen atoms in total. The van der Waals surface area contributed by atoms with E-state index >= 15 is 0 Å². The Labute approximate surface area is 113 Å². The van der Waals surface area contributed by atoms with E-state index in [4.69, 9.17) is 0 Å². The molecule has 0 atom stereocenters. The molecule has 0 unspecified atom stereocenters. The van der Waals surface area contributed by atoms with Crippen molar-refractivity contribution in [3.63, 3.8) is 0 Å². The molecule has 5 heteroatoms. The Bertz CT molecular complexity index is 460. The van der Waals surface area contributed by atoms with Crippen LogP contribution in [0.25, 0.3) is 0 Å².